The van der Waals surface area contributed by atoms with Crippen LogP contribution in [0.5, 0.6) is 0 Å². The van der Waals surface area contributed by atoms with Crippen molar-refractivity contribution in [2.75, 3.05) is 13.2 Å². The first-order chi connectivity index (χ1) is 13.7. The molecule has 2 aromatic heterocycles. The zero-order valence-corrected chi connectivity index (χ0v) is 17.1. The van der Waals surface area contributed by atoms with Gasteiger partial charge in [0.15, 0.2) is 11.8 Å². The van der Waals surface area contributed by atoms with Crippen LogP contribution >= 0.6 is 11.3 Å². The summed E-state index contributed by atoms with van der Waals surface area (Å²) in [5, 5.41) is 17.0. The molecule has 0 bridgehead atoms. The van der Waals surface area contributed by atoms with E-state index in [1.165, 1.54) is 10.4 Å². The largest absolute Gasteiger partial charge is 0.375 e. The van der Waals surface area contributed by atoms with Crippen LogP contribution in [0, 0.1) is 6.92 Å². The van der Waals surface area contributed by atoms with Crippen molar-refractivity contribution in [3.63, 3.8) is 0 Å². The molecule has 0 saturated heterocycles. The zero-order chi connectivity index (χ0) is 19.6. The average molecular weight is 399 g/mol. The molecule has 0 spiro atoms. The van der Waals surface area contributed by atoms with Crippen LogP contribution in [-0.4, -0.2) is 33.9 Å². The van der Waals surface area contributed by atoms with Crippen LogP contribution in [-0.2, 0) is 31.5 Å². The van der Waals surface area contributed by atoms with Gasteiger partial charge in [-0.2, -0.15) is 0 Å². The van der Waals surface area contributed by atoms with Gasteiger partial charge in [-0.25, -0.2) is 4.99 Å². The average Bonchev–Trinajstić information content (AvgIpc) is 3.35. The van der Waals surface area contributed by atoms with Crippen molar-refractivity contribution in [3.05, 3.63) is 69.9 Å². The highest BCUT2D eigenvalue weighted by molar-refractivity contribution is 7.09. The van der Waals surface area contributed by atoms with Crippen LogP contribution in [0.1, 0.15) is 22.1 Å². The third kappa shape index (κ3) is 6.17. The summed E-state index contributed by atoms with van der Waals surface area (Å²) in [7, 11) is 1.95. The van der Waals surface area contributed by atoms with Crippen molar-refractivity contribution in [2.45, 2.75) is 26.6 Å². The summed E-state index contributed by atoms with van der Waals surface area (Å²) in [6.07, 6.45) is 0. The second kappa shape index (κ2) is 10.6. The van der Waals surface area contributed by atoms with E-state index in [4.69, 9.17) is 4.74 Å². The minimum Gasteiger partial charge on any atom is -0.375 e. The number of nitrogens with one attached hydrogen (secondary N) is 2. The quantitative estimate of drug-likeness (QED) is 0.329. The highest BCUT2D eigenvalue weighted by atomic mass is 32.1. The molecule has 0 unspecified atom stereocenters. The lowest BCUT2D eigenvalue weighted by Gasteiger charge is -2.12. The van der Waals surface area contributed by atoms with Gasteiger partial charge in [-0.05, 0) is 23.9 Å². The fourth-order valence-corrected chi connectivity index (χ4v) is 3.15. The lowest BCUT2D eigenvalue weighted by Crippen LogP contribution is -2.38. The summed E-state index contributed by atoms with van der Waals surface area (Å²) >= 11 is 1.72. The summed E-state index contributed by atoms with van der Waals surface area (Å²) in [5.41, 5.74) is 1.17. The summed E-state index contributed by atoms with van der Waals surface area (Å²) in [6, 6.07) is 14.3. The Morgan fingerprint density at radius 2 is 2.00 bits per heavy atom. The van der Waals surface area contributed by atoms with E-state index in [0.29, 0.717) is 26.3 Å². The monoisotopic (exact) mass is 398 g/mol. The highest BCUT2D eigenvalue weighted by Gasteiger charge is 2.05. The van der Waals surface area contributed by atoms with Crippen molar-refractivity contribution in [1.82, 2.24) is 25.4 Å². The van der Waals surface area contributed by atoms with Gasteiger partial charge < -0.3 is 19.9 Å². The number of aliphatic imine (C=N–C) groups is 1. The molecule has 0 atom stereocenters. The fraction of sp³-hybridized carbons (Fsp3) is 0.350. The fourth-order valence-electron chi connectivity index (χ4n) is 2.50. The smallest absolute Gasteiger partial charge is 0.192 e. The van der Waals surface area contributed by atoms with Crippen molar-refractivity contribution in [1.29, 1.82) is 0 Å². The SMILES string of the molecule is Cc1nnc(CN=C(NCCOCc2ccccc2)NCc2cccs2)n1C. The van der Waals surface area contributed by atoms with Crippen LogP contribution in [0.2, 0.25) is 0 Å². The molecule has 3 rings (SSSR count). The molecule has 28 heavy (non-hydrogen) atoms. The third-order valence-corrected chi connectivity index (χ3v) is 5.10. The Morgan fingerprint density at radius 3 is 2.71 bits per heavy atom. The first-order valence-corrected chi connectivity index (χ1v) is 10.1. The minimum atomic E-state index is 0.460. The Morgan fingerprint density at radius 1 is 1.14 bits per heavy atom. The summed E-state index contributed by atoms with van der Waals surface area (Å²) in [4.78, 5) is 5.90. The molecule has 0 aliphatic rings. The van der Waals surface area contributed by atoms with E-state index in [1.807, 2.05) is 42.8 Å². The van der Waals surface area contributed by atoms with Gasteiger partial charge in [-0.15, -0.1) is 21.5 Å². The van der Waals surface area contributed by atoms with Gasteiger partial charge in [0.2, 0.25) is 0 Å². The molecule has 2 N–H and O–H groups in total. The molecule has 3 aromatic rings. The number of rotatable bonds is 9. The Kier molecular flexibility index (Phi) is 7.57. The second-order valence-corrected chi connectivity index (χ2v) is 7.32. The minimum absolute atomic E-state index is 0.460. The van der Waals surface area contributed by atoms with E-state index in [1.54, 1.807) is 11.3 Å². The zero-order valence-electron chi connectivity index (χ0n) is 16.3. The number of aromatic nitrogens is 3. The maximum absolute atomic E-state index is 5.74. The van der Waals surface area contributed by atoms with E-state index in [-0.39, 0.29) is 0 Å². The van der Waals surface area contributed by atoms with Crippen LogP contribution < -0.4 is 10.6 Å². The van der Waals surface area contributed by atoms with Crippen LogP contribution in [0.4, 0.5) is 0 Å². The highest BCUT2D eigenvalue weighted by Crippen LogP contribution is 2.07. The third-order valence-electron chi connectivity index (χ3n) is 4.22. The molecule has 7 nitrogen and oxygen atoms in total. The van der Waals surface area contributed by atoms with Gasteiger partial charge >= 0.3 is 0 Å². The van der Waals surface area contributed by atoms with Gasteiger partial charge in [0, 0.05) is 18.5 Å². The summed E-state index contributed by atoms with van der Waals surface area (Å²) < 4.78 is 7.68. The van der Waals surface area contributed by atoms with Crippen LogP contribution in [0.15, 0.2) is 52.8 Å². The number of thiophene rings is 1. The Balaban J connectivity index is 1.49. The molecule has 2 heterocycles. The molecule has 148 valence electrons. The summed E-state index contributed by atoms with van der Waals surface area (Å²) in [5.74, 6) is 2.44. The number of hydrogen-bond acceptors (Lipinski definition) is 5. The Labute approximate surface area is 169 Å². The maximum atomic E-state index is 5.74. The molecule has 0 aliphatic carbocycles. The van der Waals surface area contributed by atoms with Crippen LogP contribution in [0.25, 0.3) is 0 Å². The molecule has 0 aliphatic heterocycles. The van der Waals surface area contributed by atoms with Crippen molar-refractivity contribution >= 4 is 17.3 Å². The van der Waals surface area contributed by atoms with Crippen molar-refractivity contribution in [3.8, 4) is 0 Å². The van der Waals surface area contributed by atoms with E-state index >= 15 is 0 Å². The molecular formula is C20H26N6OS. The van der Waals surface area contributed by atoms with Gasteiger partial charge in [-0.3, -0.25) is 0 Å². The number of benzene rings is 1. The number of ether oxygens (including phenoxy) is 1. The number of nitrogens with zero attached hydrogens (tertiary/aromatic N) is 4. The lowest BCUT2D eigenvalue weighted by atomic mass is 10.2. The van der Waals surface area contributed by atoms with Gasteiger partial charge in [0.05, 0.1) is 19.8 Å². The Bertz CT molecular complexity index is 860. The maximum Gasteiger partial charge on any atom is 0.192 e. The van der Waals surface area contributed by atoms with Crippen molar-refractivity contribution in [2.24, 2.45) is 12.0 Å². The first-order valence-electron chi connectivity index (χ1n) is 9.23. The molecule has 0 fully saturated rings. The van der Waals surface area contributed by atoms with E-state index in [9.17, 15) is 0 Å². The Hall–Kier alpha value is -2.71. The predicted molar refractivity (Wildman–Crippen MR) is 112 cm³/mol. The molecule has 0 saturated carbocycles. The summed E-state index contributed by atoms with van der Waals surface area (Å²) in [6.45, 7) is 4.99. The number of guanidine groups is 1. The number of aryl methyl sites for hydroxylation is 1. The molecule has 1 aromatic carbocycles. The number of hydrogen-bond donors (Lipinski definition) is 2. The molecule has 0 radical (unpaired) electrons. The van der Waals surface area contributed by atoms with E-state index in [0.717, 1.165) is 24.2 Å². The van der Waals surface area contributed by atoms with E-state index < -0.39 is 0 Å². The molecule has 8 heteroatoms. The van der Waals surface area contributed by atoms with Gasteiger partial charge in [-0.1, -0.05) is 36.4 Å². The first kappa shape index (κ1) is 20.0. The van der Waals surface area contributed by atoms with E-state index in [2.05, 4.69) is 49.4 Å². The molecular weight excluding hydrogens is 372 g/mol. The topological polar surface area (TPSA) is 76.4 Å². The predicted octanol–water partition coefficient (Wildman–Crippen LogP) is 2.64. The normalized spacial score (nSPS) is 11.6. The lowest BCUT2D eigenvalue weighted by molar-refractivity contribution is 0.125. The van der Waals surface area contributed by atoms with Crippen LogP contribution in [0.3, 0.4) is 0 Å². The molecule has 0 amide bonds. The second-order valence-electron chi connectivity index (χ2n) is 6.29. The standard InChI is InChI=1S/C20H26N6OS/c1-16-24-25-19(26(16)2)14-23-20(22-13-18-9-6-12-28-18)21-10-11-27-15-17-7-4-3-5-8-17/h3-9,12H,10-11,13-15H2,1-2H3,(H2,21,22,23). The van der Waals surface area contributed by atoms with Crippen molar-refractivity contribution < 1.29 is 4.74 Å². The van der Waals surface area contributed by atoms with Gasteiger partial charge in [0.25, 0.3) is 0 Å². The van der Waals surface area contributed by atoms with Gasteiger partial charge in [0.1, 0.15) is 12.4 Å².